The summed E-state index contributed by atoms with van der Waals surface area (Å²) in [5.74, 6) is 0. The molecular weight excluding hydrogens is 218 g/mol. The first-order valence-electron chi connectivity index (χ1n) is 5.97. The Morgan fingerprint density at radius 1 is 1.29 bits per heavy atom. The maximum absolute atomic E-state index is 10.6. The van der Waals surface area contributed by atoms with Gasteiger partial charge in [-0.05, 0) is 18.9 Å². The summed E-state index contributed by atoms with van der Waals surface area (Å²) in [7, 11) is 0. The lowest BCUT2D eigenvalue weighted by Gasteiger charge is -2.24. The fourth-order valence-electron chi connectivity index (χ4n) is 2.26. The first kappa shape index (κ1) is 11.7. The molecule has 1 fully saturated rings. The van der Waals surface area contributed by atoms with Crippen LogP contribution < -0.4 is 11.1 Å². The molecule has 0 heterocycles. The van der Waals surface area contributed by atoms with Crippen LogP contribution in [-0.2, 0) is 0 Å². The van der Waals surface area contributed by atoms with Gasteiger partial charge in [-0.3, -0.25) is 10.1 Å². The molecule has 0 aromatic heterocycles. The van der Waals surface area contributed by atoms with Crippen LogP contribution in [0.1, 0.15) is 32.1 Å². The van der Waals surface area contributed by atoms with Gasteiger partial charge in [-0.1, -0.05) is 19.3 Å². The van der Waals surface area contributed by atoms with E-state index in [-0.39, 0.29) is 5.69 Å². The van der Waals surface area contributed by atoms with Gasteiger partial charge in [-0.2, -0.15) is 0 Å². The van der Waals surface area contributed by atoms with E-state index in [1.165, 1.54) is 31.4 Å². The second-order valence-electron chi connectivity index (χ2n) is 4.51. The number of nitro benzene ring substituents is 1. The van der Waals surface area contributed by atoms with Crippen LogP contribution >= 0.6 is 0 Å². The van der Waals surface area contributed by atoms with Crippen LogP contribution in [0.2, 0.25) is 0 Å². The standard InChI is InChI=1S/C12H17N3O2/c13-11-8-10(15(16)17)6-7-12(11)14-9-4-2-1-3-5-9/h6-9,14H,1-5,13H2. The topological polar surface area (TPSA) is 81.2 Å². The molecule has 1 aromatic rings. The van der Waals surface area contributed by atoms with Crippen molar-refractivity contribution in [2.24, 2.45) is 0 Å². The summed E-state index contributed by atoms with van der Waals surface area (Å²) in [5, 5.41) is 14.0. The fourth-order valence-corrected chi connectivity index (χ4v) is 2.26. The summed E-state index contributed by atoms with van der Waals surface area (Å²) in [4.78, 5) is 10.2. The third kappa shape index (κ3) is 2.87. The number of nitrogen functional groups attached to an aromatic ring is 1. The van der Waals surface area contributed by atoms with Gasteiger partial charge in [0, 0.05) is 18.2 Å². The number of hydrogen-bond donors (Lipinski definition) is 2. The Morgan fingerprint density at radius 2 is 2.00 bits per heavy atom. The molecule has 92 valence electrons. The van der Waals surface area contributed by atoms with Gasteiger partial charge in [0.15, 0.2) is 0 Å². The normalized spacial score (nSPS) is 16.7. The second-order valence-corrected chi connectivity index (χ2v) is 4.51. The zero-order valence-corrected chi connectivity index (χ0v) is 9.69. The number of nitrogens with zero attached hydrogens (tertiary/aromatic N) is 1. The van der Waals surface area contributed by atoms with Crippen LogP contribution in [0, 0.1) is 10.1 Å². The van der Waals surface area contributed by atoms with Crippen LogP contribution in [0.4, 0.5) is 17.1 Å². The summed E-state index contributed by atoms with van der Waals surface area (Å²) in [5.41, 5.74) is 7.10. The van der Waals surface area contributed by atoms with Crippen LogP contribution in [0.3, 0.4) is 0 Å². The van der Waals surface area contributed by atoms with E-state index in [0.717, 1.165) is 18.5 Å². The van der Waals surface area contributed by atoms with Gasteiger partial charge in [0.05, 0.1) is 16.3 Å². The quantitative estimate of drug-likeness (QED) is 0.479. The number of nitro groups is 1. The number of non-ortho nitro benzene ring substituents is 1. The molecule has 0 unspecified atom stereocenters. The molecule has 1 aromatic carbocycles. The van der Waals surface area contributed by atoms with Crippen molar-refractivity contribution in [2.45, 2.75) is 38.1 Å². The molecule has 5 heteroatoms. The smallest absolute Gasteiger partial charge is 0.271 e. The van der Waals surface area contributed by atoms with Gasteiger partial charge in [-0.25, -0.2) is 0 Å². The molecular formula is C12H17N3O2. The van der Waals surface area contributed by atoms with Gasteiger partial charge in [0.2, 0.25) is 0 Å². The molecule has 0 saturated heterocycles. The van der Waals surface area contributed by atoms with Gasteiger partial charge in [0.25, 0.3) is 5.69 Å². The van der Waals surface area contributed by atoms with Crippen molar-refractivity contribution < 1.29 is 4.92 Å². The van der Waals surface area contributed by atoms with Crippen molar-refractivity contribution in [1.82, 2.24) is 0 Å². The van der Waals surface area contributed by atoms with Crippen molar-refractivity contribution in [2.75, 3.05) is 11.1 Å². The lowest BCUT2D eigenvalue weighted by molar-refractivity contribution is -0.384. The number of rotatable bonds is 3. The van der Waals surface area contributed by atoms with Crippen LogP contribution in [0.25, 0.3) is 0 Å². The number of nitrogens with one attached hydrogen (secondary N) is 1. The maximum Gasteiger partial charge on any atom is 0.271 e. The predicted molar refractivity (Wildman–Crippen MR) is 68.0 cm³/mol. The lowest BCUT2D eigenvalue weighted by atomic mass is 9.95. The third-order valence-electron chi connectivity index (χ3n) is 3.21. The van der Waals surface area contributed by atoms with Crippen molar-refractivity contribution in [3.63, 3.8) is 0 Å². The van der Waals surface area contributed by atoms with Crippen molar-refractivity contribution in [3.8, 4) is 0 Å². The Hall–Kier alpha value is -1.78. The molecule has 0 amide bonds. The van der Waals surface area contributed by atoms with E-state index in [0.29, 0.717) is 11.7 Å². The summed E-state index contributed by atoms with van der Waals surface area (Å²) in [6.45, 7) is 0. The van der Waals surface area contributed by atoms with Crippen LogP contribution in [-0.4, -0.2) is 11.0 Å². The highest BCUT2D eigenvalue weighted by Crippen LogP contribution is 2.27. The largest absolute Gasteiger partial charge is 0.397 e. The van der Waals surface area contributed by atoms with Crippen LogP contribution in [0.15, 0.2) is 18.2 Å². The van der Waals surface area contributed by atoms with Crippen LogP contribution in [0.5, 0.6) is 0 Å². The minimum absolute atomic E-state index is 0.0386. The molecule has 5 nitrogen and oxygen atoms in total. The van der Waals surface area contributed by atoms with Crippen molar-refractivity contribution >= 4 is 17.1 Å². The average Bonchev–Trinajstić information content (AvgIpc) is 2.33. The molecule has 0 atom stereocenters. The molecule has 3 N–H and O–H groups in total. The fraction of sp³-hybridized carbons (Fsp3) is 0.500. The third-order valence-corrected chi connectivity index (χ3v) is 3.21. The minimum Gasteiger partial charge on any atom is -0.397 e. The first-order valence-corrected chi connectivity index (χ1v) is 5.97. The van der Waals surface area contributed by atoms with E-state index in [9.17, 15) is 10.1 Å². The first-order chi connectivity index (χ1) is 8.16. The van der Waals surface area contributed by atoms with Gasteiger partial charge in [0.1, 0.15) is 0 Å². The van der Waals surface area contributed by atoms with Gasteiger partial charge >= 0.3 is 0 Å². The molecule has 17 heavy (non-hydrogen) atoms. The van der Waals surface area contributed by atoms with Crippen molar-refractivity contribution in [1.29, 1.82) is 0 Å². The lowest BCUT2D eigenvalue weighted by Crippen LogP contribution is -2.22. The maximum atomic E-state index is 10.6. The molecule has 0 radical (unpaired) electrons. The molecule has 2 rings (SSSR count). The number of hydrogen-bond acceptors (Lipinski definition) is 4. The summed E-state index contributed by atoms with van der Waals surface area (Å²) in [6, 6.07) is 5.04. The number of benzene rings is 1. The SMILES string of the molecule is Nc1cc([N+](=O)[O-])ccc1NC1CCCCC1. The number of anilines is 2. The molecule has 1 aliphatic rings. The van der Waals surface area contributed by atoms with E-state index >= 15 is 0 Å². The van der Waals surface area contributed by atoms with E-state index < -0.39 is 4.92 Å². The van der Waals surface area contributed by atoms with Gasteiger partial charge in [-0.15, -0.1) is 0 Å². The predicted octanol–water partition coefficient (Wildman–Crippen LogP) is 2.92. The monoisotopic (exact) mass is 235 g/mol. The highest BCUT2D eigenvalue weighted by atomic mass is 16.6. The Kier molecular flexibility index (Phi) is 3.46. The Balaban J connectivity index is 2.08. The Morgan fingerprint density at radius 3 is 2.59 bits per heavy atom. The summed E-state index contributed by atoms with van der Waals surface area (Å²) < 4.78 is 0. The molecule has 0 aliphatic heterocycles. The Bertz CT molecular complexity index is 414. The van der Waals surface area contributed by atoms with E-state index in [1.807, 2.05) is 0 Å². The molecule has 1 saturated carbocycles. The Labute approximate surface area is 100 Å². The average molecular weight is 235 g/mol. The minimum atomic E-state index is -0.430. The zero-order chi connectivity index (χ0) is 12.3. The summed E-state index contributed by atoms with van der Waals surface area (Å²) in [6.07, 6.45) is 6.08. The zero-order valence-electron chi connectivity index (χ0n) is 9.69. The molecule has 1 aliphatic carbocycles. The highest BCUT2D eigenvalue weighted by molar-refractivity contribution is 5.69. The number of nitrogens with two attached hydrogens (primary N) is 1. The van der Waals surface area contributed by atoms with E-state index in [1.54, 1.807) is 6.07 Å². The molecule has 0 spiro atoms. The molecule has 0 bridgehead atoms. The van der Waals surface area contributed by atoms with E-state index in [2.05, 4.69) is 5.32 Å². The second kappa shape index (κ2) is 5.03. The van der Waals surface area contributed by atoms with Crippen molar-refractivity contribution in [3.05, 3.63) is 28.3 Å². The highest BCUT2D eigenvalue weighted by Gasteiger charge is 2.15. The summed E-state index contributed by atoms with van der Waals surface area (Å²) >= 11 is 0. The van der Waals surface area contributed by atoms with E-state index in [4.69, 9.17) is 5.73 Å². The van der Waals surface area contributed by atoms with Gasteiger partial charge < -0.3 is 11.1 Å².